The highest BCUT2D eigenvalue weighted by atomic mass is 32.2. The SMILES string of the molecule is CCn1c(C)c(CN2CCC(C(=O)NCc3ccc(SC)cc3)CC2)c2ccccc21. The van der Waals surface area contributed by atoms with E-state index in [4.69, 9.17) is 0 Å². The normalized spacial score (nSPS) is 15.5. The van der Waals surface area contributed by atoms with Gasteiger partial charge in [0.15, 0.2) is 0 Å². The van der Waals surface area contributed by atoms with Crippen molar-refractivity contribution < 1.29 is 4.79 Å². The molecule has 1 amide bonds. The molecule has 4 rings (SSSR count). The van der Waals surface area contributed by atoms with Crippen LogP contribution in [0.3, 0.4) is 0 Å². The Bertz CT molecular complexity index is 1030. The van der Waals surface area contributed by atoms with Crippen molar-refractivity contribution in [3.8, 4) is 0 Å². The van der Waals surface area contributed by atoms with Crippen LogP contribution in [0.4, 0.5) is 0 Å². The van der Waals surface area contributed by atoms with Gasteiger partial charge in [0, 0.05) is 47.0 Å². The summed E-state index contributed by atoms with van der Waals surface area (Å²) in [6, 6.07) is 17.2. The number of piperidine rings is 1. The summed E-state index contributed by atoms with van der Waals surface area (Å²) in [6.45, 7) is 8.99. The molecule has 0 aliphatic carbocycles. The van der Waals surface area contributed by atoms with Crippen molar-refractivity contribution in [1.29, 1.82) is 0 Å². The number of thioether (sulfide) groups is 1. The van der Waals surface area contributed by atoms with Crippen molar-refractivity contribution in [3.05, 3.63) is 65.4 Å². The number of rotatable bonds is 7. The molecule has 0 saturated carbocycles. The van der Waals surface area contributed by atoms with Crippen molar-refractivity contribution >= 4 is 28.6 Å². The van der Waals surface area contributed by atoms with E-state index in [0.717, 1.165) is 44.6 Å². The Morgan fingerprint density at radius 1 is 1.10 bits per heavy atom. The molecule has 3 aromatic rings. The highest BCUT2D eigenvalue weighted by molar-refractivity contribution is 7.98. The summed E-state index contributed by atoms with van der Waals surface area (Å²) in [5.74, 6) is 0.326. The topological polar surface area (TPSA) is 37.3 Å². The third-order valence-electron chi connectivity index (χ3n) is 6.64. The molecule has 0 atom stereocenters. The van der Waals surface area contributed by atoms with Gasteiger partial charge in [-0.05, 0) is 75.4 Å². The zero-order valence-corrected chi connectivity index (χ0v) is 19.7. The summed E-state index contributed by atoms with van der Waals surface area (Å²) in [7, 11) is 0. The fraction of sp³-hybridized carbons (Fsp3) is 0.423. The standard InChI is InChI=1S/C26H33N3OS/c1-4-29-19(2)24(23-7-5-6-8-25(23)29)18-28-15-13-21(14-16-28)26(30)27-17-20-9-11-22(31-3)12-10-20/h5-12,21H,4,13-18H2,1-3H3,(H,27,30). The maximum Gasteiger partial charge on any atom is 0.223 e. The Morgan fingerprint density at radius 2 is 1.81 bits per heavy atom. The Kier molecular flexibility index (Phi) is 7.03. The van der Waals surface area contributed by atoms with Gasteiger partial charge >= 0.3 is 0 Å². The number of benzene rings is 2. The number of fused-ring (bicyclic) bond motifs is 1. The predicted octanol–water partition coefficient (Wildman–Crippen LogP) is 5.22. The third-order valence-corrected chi connectivity index (χ3v) is 7.39. The number of nitrogens with one attached hydrogen (secondary N) is 1. The summed E-state index contributed by atoms with van der Waals surface area (Å²) in [5.41, 5.74) is 5.30. The minimum absolute atomic E-state index is 0.125. The molecule has 1 aromatic heterocycles. The molecule has 2 aromatic carbocycles. The summed E-state index contributed by atoms with van der Waals surface area (Å²) in [6.07, 6.45) is 3.94. The van der Waals surface area contributed by atoms with Gasteiger partial charge in [-0.2, -0.15) is 0 Å². The number of likely N-dealkylation sites (tertiary alicyclic amines) is 1. The Balaban J connectivity index is 1.32. The molecule has 1 fully saturated rings. The first kappa shape index (κ1) is 22.0. The predicted molar refractivity (Wildman–Crippen MR) is 130 cm³/mol. The van der Waals surface area contributed by atoms with Gasteiger partial charge in [0.1, 0.15) is 0 Å². The first-order valence-corrected chi connectivity index (χ1v) is 12.5. The molecule has 1 aliphatic heterocycles. The second kappa shape index (κ2) is 9.92. The molecule has 1 saturated heterocycles. The lowest BCUT2D eigenvalue weighted by Gasteiger charge is -2.31. The maximum atomic E-state index is 12.7. The monoisotopic (exact) mass is 435 g/mol. The van der Waals surface area contributed by atoms with Crippen LogP contribution in [0.5, 0.6) is 0 Å². The lowest BCUT2D eigenvalue weighted by atomic mass is 9.95. The Labute approximate surface area is 190 Å². The van der Waals surface area contributed by atoms with Crippen LogP contribution in [-0.4, -0.2) is 34.7 Å². The lowest BCUT2D eigenvalue weighted by molar-refractivity contribution is -0.126. The van der Waals surface area contributed by atoms with Crippen LogP contribution in [-0.2, 0) is 24.4 Å². The Hall–Kier alpha value is -2.24. The van der Waals surface area contributed by atoms with Gasteiger partial charge in [-0.1, -0.05) is 30.3 Å². The second-order valence-electron chi connectivity index (χ2n) is 8.44. The number of hydrogen-bond donors (Lipinski definition) is 1. The summed E-state index contributed by atoms with van der Waals surface area (Å²) in [5, 5.41) is 4.52. The van der Waals surface area contributed by atoms with E-state index < -0.39 is 0 Å². The van der Waals surface area contributed by atoms with E-state index in [0.29, 0.717) is 6.54 Å². The van der Waals surface area contributed by atoms with Gasteiger partial charge in [0.25, 0.3) is 0 Å². The van der Waals surface area contributed by atoms with Crippen molar-refractivity contribution in [2.24, 2.45) is 5.92 Å². The number of aromatic nitrogens is 1. The highest BCUT2D eigenvalue weighted by Crippen LogP contribution is 2.28. The largest absolute Gasteiger partial charge is 0.352 e. The molecule has 1 aliphatic rings. The van der Waals surface area contributed by atoms with Gasteiger partial charge in [-0.15, -0.1) is 11.8 Å². The summed E-state index contributed by atoms with van der Waals surface area (Å²) >= 11 is 1.74. The van der Waals surface area contributed by atoms with Crippen molar-refractivity contribution in [3.63, 3.8) is 0 Å². The van der Waals surface area contributed by atoms with E-state index in [1.54, 1.807) is 11.8 Å². The quantitative estimate of drug-likeness (QED) is 0.517. The van der Waals surface area contributed by atoms with E-state index >= 15 is 0 Å². The molecule has 0 unspecified atom stereocenters. The van der Waals surface area contributed by atoms with Crippen LogP contribution >= 0.6 is 11.8 Å². The minimum Gasteiger partial charge on any atom is -0.352 e. The average Bonchev–Trinajstić information content (AvgIpc) is 3.09. The molecule has 4 nitrogen and oxygen atoms in total. The number of hydrogen-bond acceptors (Lipinski definition) is 3. The second-order valence-corrected chi connectivity index (χ2v) is 9.32. The molecule has 0 bridgehead atoms. The van der Waals surface area contributed by atoms with Gasteiger partial charge in [0.2, 0.25) is 5.91 Å². The molecule has 31 heavy (non-hydrogen) atoms. The fourth-order valence-corrected chi connectivity index (χ4v) is 5.17. The van der Waals surface area contributed by atoms with E-state index in [1.807, 2.05) is 0 Å². The molecular formula is C26H33N3OS. The molecule has 2 heterocycles. The van der Waals surface area contributed by atoms with Gasteiger partial charge in [-0.3, -0.25) is 9.69 Å². The van der Waals surface area contributed by atoms with Crippen molar-refractivity contribution in [2.45, 2.75) is 51.2 Å². The van der Waals surface area contributed by atoms with E-state index in [1.165, 1.54) is 27.1 Å². The van der Waals surface area contributed by atoms with E-state index in [9.17, 15) is 4.79 Å². The smallest absolute Gasteiger partial charge is 0.223 e. The average molecular weight is 436 g/mol. The van der Waals surface area contributed by atoms with Gasteiger partial charge in [-0.25, -0.2) is 0 Å². The van der Waals surface area contributed by atoms with E-state index in [2.05, 4.69) is 83.4 Å². The third kappa shape index (κ3) is 4.83. The summed E-state index contributed by atoms with van der Waals surface area (Å²) < 4.78 is 2.41. The highest BCUT2D eigenvalue weighted by Gasteiger charge is 2.26. The number of carbonyl (C=O) groups excluding carboxylic acids is 1. The van der Waals surface area contributed by atoms with Crippen LogP contribution in [0.1, 0.15) is 36.6 Å². The van der Waals surface area contributed by atoms with Crippen LogP contribution in [0.15, 0.2) is 53.4 Å². The molecule has 1 N–H and O–H groups in total. The molecule has 164 valence electrons. The van der Waals surface area contributed by atoms with Gasteiger partial charge < -0.3 is 9.88 Å². The first-order chi connectivity index (χ1) is 15.1. The molecular weight excluding hydrogens is 402 g/mol. The zero-order chi connectivity index (χ0) is 21.8. The van der Waals surface area contributed by atoms with Crippen LogP contribution < -0.4 is 5.32 Å². The zero-order valence-electron chi connectivity index (χ0n) is 18.9. The van der Waals surface area contributed by atoms with Gasteiger partial charge in [0.05, 0.1) is 0 Å². The maximum absolute atomic E-state index is 12.7. The minimum atomic E-state index is 0.125. The van der Waals surface area contributed by atoms with Crippen LogP contribution in [0.2, 0.25) is 0 Å². The van der Waals surface area contributed by atoms with E-state index in [-0.39, 0.29) is 11.8 Å². The number of para-hydroxylation sites is 1. The first-order valence-electron chi connectivity index (χ1n) is 11.3. The number of aryl methyl sites for hydroxylation is 1. The van der Waals surface area contributed by atoms with Crippen LogP contribution in [0, 0.1) is 12.8 Å². The fourth-order valence-electron chi connectivity index (χ4n) is 4.76. The number of carbonyl (C=O) groups is 1. The van der Waals surface area contributed by atoms with Crippen molar-refractivity contribution in [2.75, 3.05) is 19.3 Å². The molecule has 0 radical (unpaired) electrons. The lowest BCUT2D eigenvalue weighted by Crippen LogP contribution is -2.40. The summed E-state index contributed by atoms with van der Waals surface area (Å²) in [4.78, 5) is 16.5. The van der Waals surface area contributed by atoms with Crippen molar-refractivity contribution in [1.82, 2.24) is 14.8 Å². The number of nitrogens with zero attached hydrogens (tertiary/aromatic N) is 2. The Morgan fingerprint density at radius 3 is 2.48 bits per heavy atom. The van der Waals surface area contributed by atoms with Crippen LogP contribution in [0.25, 0.3) is 10.9 Å². The molecule has 0 spiro atoms. The number of amides is 1. The molecule has 5 heteroatoms.